The van der Waals surface area contributed by atoms with Gasteiger partial charge in [0.15, 0.2) is 5.82 Å². The summed E-state index contributed by atoms with van der Waals surface area (Å²) in [6, 6.07) is 6.74. The normalized spacial score (nSPS) is 10.5. The van der Waals surface area contributed by atoms with Gasteiger partial charge >= 0.3 is 0 Å². The molecule has 0 saturated carbocycles. The Hall–Kier alpha value is -1.37. The average molecular weight is 345 g/mol. The summed E-state index contributed by atoms with van der Waals surface area (Å²) in [6.45, 7) is 0.267. The van der Waals surface area contributed by atoms with Gasteiger partial charge in [-0.3, -0.25) is 0 Å². The van der Waals surface area contributed by atoms with E-state index in [9.17, 15) is 0 Å². The van der Waals surface area contributed by atoms with Crippen LogP contribution in [0.25, 0.3) is 0 Å². The number of nitrogen functional groups attached to an aromatic ring is 1. The molecule has 2 N–H and O–H groups in total. The minimum atomic E-state index is 0.267. The molecule has 0 amide bonds. The van der Waals surface area contributed by atoms with Gasteiger partial charge in [0.25, 0.3) is 0 Å². The number of nitrogens with zero attached hydrogens (tertiary/aromatic N) is 2. The number of anilines is 1. The van der Waals surface area contributed by atoms with Gasteiger partial charge in [-0.2, -0.15) is 4.98 Å². The van der Waals surface area contributed by atoms with E-state index in [-0.39, 0.29) is 6.61 Å². The van der Waals surface area contributed by atoms with Crippen LogP contribution in [0.3, 0.4) is 0 Å². The second-order valence-corrected chi connectivity index (χ2v) is 4.95. The highest BCUT2D eigenvalue weighted by atomic mass is 79.9. The third-order valence-electron chi connectivity index (χ3n) is 2.15. The lowest BCUT2D eigenvalue weighted by atomic mass is 10.3. The van der Waals surface area contributed by atoms with Crippen LogP contribution < -0.4 is 10.5 Å². The summed E-state index contributed by atoms with van der Waals surface area (Å²) in [5.41, 5.74) is 5.69. The first-order valence-corrected chi connectivity index (χ1v) is 6.51. The Kier molecular flexibility index (Phi) is 4.57. The van der Waals surface area contributed by atoms with Crippen molar-refractivity contribution in [2.75, 3.05) is 12.8 Å². The van der Waals surface area contributed by atoms with Crippen molar-refractivity contribution in [1.29, 1.82) is 0 Å². The van der Waals surface area contributed by atoms with Gasteiger partial charge in [-0.15, -0.1) is 0 Å². The first kappa shape index (κ1) is 14.0. The van der Waals surface area contributed by atoms with Crippen LogP contribution in [0.4, 0.5) is 5.82 Å². The second kappa shape index (κ2) is 6.18. The summed E-state index contributed by atoms with van der Waals surface area (Å²) in [5.74, 6) is 1.72. The number of ether oxygens (including phenoxy) is 2. The lowest BCUT2D eigenvalue weighted by Gasteiger charge is -2.09. The molecule has 0 fully saturated rings. The van der Waals surface area contributed by atoms with Gasteiger partial charge in [0.2, 0.25) is 5.88 Å². The van der Waals surface area contributed by atoms with Crippen molar-refractivity contribution in [3.8, 4) is 11.6 Å². The van der Waals surface area contributed by atoms with E-state index in [1.54, 1.807) is 31.4 Å². The summed E-state index contributed by atoms with van der Waals surface area (Å²) in [5, 5.41) is 0.612. The van der Waals surface area contributed by atoms with Gasteiger partial charge < -0.3 is 15.2 Å². The van der Waals surface area contributed by atoms with E-state index in [0.29, 0.717) is 28.3 Å². The van der Waals surface area contributed by atoms with Gasteiger partial charge in [-0.25, -0.2) is 4.98 Å². The molecule has 0 aliphatic carbocycles. The molecule has 0 bridgehead atoms. The first-order valence-electron chi connectivity index (χ1n) is 5.34. The van der Waals surface area contributed by atoms with Crippen LogP contribution >= 0.6 is 27.5 Å². The molecule has 0 unspecified atom stereocenters. The van der Waals surface area contributed by atoms with Gasteiger partial charge in [-0.05, 0) is 34.1 Å². The van der Waals surface area contributed by atoms with Crippen molar-refractivity contribution < 1.29 is 9.47 Å². The molecule has 0 radical (unpaired) electrons. The Morgan fingerprint density at radius 2 is 2.11 bits per heavy atom. The first-order chi connectivity index (χ1) is 9.08. The maximum atomic E-state index is 5.86. The molecule has 19 heavy (non-hydrogen) atoms. The maximum absolute atomic E-state index is 5.86. The lowest BCUT2D eigenvalue weighted by Crippen LogP contribution is -2.02. The summed E-state index contributed by atoms with van der Waals surface area (Å²) >= 11 is 9.23. The summed E-state index contributed by atoms with van der Waals surface area (Å²) in [7, 11) is 1.56. The van der Waals surface area contributed by atoms with E-state index < -0.39 is 0 Å². The Morgan fingerprint density at radius 3 is 2.79 bits per heavy atom. The topological polar surface area (TPSA) is 70.3 Å². The van der Waals surface area contributed by atoms with E-state index >= 15 is 0 Å². The largest absolute Gasteiger partial charge is 0.438 e. The van der Waals surface area contributed by atoms with E-state index in [1.807, 2.05) is 0 Å². The van der Waals surface area contributed by atoms with Gasteiger partial charge in [0.05, 0.1) is 4.47 Å². The van der Waals surface area contributed by atoms with Crippen LogP contribution in [0.5, 0.6) is 11.6 Å². The molecule has 0 aliphatic heterocycles. The predicted octanol–water partition coefficient (Wildman–Crippen LogP) is 3.41. The third kappa shape index (κ3) is 3.79. The summed E-state index contributed by atoms with van der Waals surface area (Å²) in [6.07, 6.45) is 0. The Morgan fingerprint density at radius 1 is 1.32 bits per heavy atom. The molecule has 100 valence electrons. The molecule has 5 nitrogen and oxygen atoms in total. The highest BCUT2D eigenvalue weighted by Crippen LogP contribution is 2.31. The zero-order valence-electron chi connectivity index (χ0n) is 10.1. The molecule has 1 heterocycles. The van der Waals surface area contributed by atoms with Crippen molar-refractivity contribution in [2.24, 2.45) is 0 Å². The molecule has 2 aromatic rings. The lowest BCUT2D eigenvalue weighted by molar-refractivity contribution is 0.177. The predicted molar refractivity (Wildman–Crippen MR) is 76.4 cm³/mol. The van der Waals surface area contributed by atoms with Crippen molar-refractivity contribution >= 4 is 33.3 Å². The molecular formula is C12H11BrClN3O2. The van der Waals surface area contributed by atoms with Crippen molar-refractivity contribution in [2.45, 2.75) is 6.61 Å². The highest BCUT2D eigenvalue weighted by Gasteiger charge is 2.07. The van der Waals surface area contributed by atoms with Gasteiger partial charge in [-0.1, -0.05) is 11.6 Å². The van der Waals surface area contributed by atoms with Crippen LogP contribution in [0.2, 0.25) is 5.02 Å². The van der Waals surface area contributed by atoms with Gasteiger partial charge in [0, 0.05) is 18.2 Å². The summed E-state index contributed by atoms with van der Waals surface area (Å²) < 4.78 is 11.3. The average Bonchev–Trinajstić information content (AvgIpc) is 2.32. The molecule has 0 spiro atoms. The maximum Gasteiger partial charge on any atom is 0.224 e. The zero-order valence-corrected chi connectivity index (χ0v) is 12.4. The third-order valence-corrected chi connectivity index (χ3v) is 3.01. The number of aromatic nitrogens is 2. The number of methoxy groups -OCH3 is 1. The van der Waals surface area contributed by atoms with Crippen molar-refractivity contribution in [3.05, 3.63) is 39.6 Å². The van der Waals surface area contributed by atoms with Crippen LogP contribution in [0.15, 0.2) is 28.7 Å². The fraction of sp³-hybridized carbons (Fsp3) is 0.167. The summed E-state index contributed by atoms with van der Waals surface area (Å²) in [4.78, 5) is 8.22. The number of nitrogens with two attached hydrogens (primary N) is 1. The van der Waals surface area contributed by atoms with Crippen LogP contribution in [0, 0.1) is 0 Å². The minimum absolute atomic E-state index is 0.267. The van der Waals surface area contributed by atoms with Crippen LogP contribution in [-0.4, -0.2) is 17.1 Å². The molecule has 1 aromatic heterocycles. The van der Waals surface area contributed by atoms with Crippen LogP contribution in [0.1, 0.15) is 5.82 Å². The fourth-order valence-electron chi connectivity index (χ4n) is 1.41. The molecule has 0 atom stereocenters. The SMILES string of the molecule is COCc1nc(N)cc(Oc2ccc(Cl)cc2Br)n1. The molecule has 1 aromatic carbocycles. The monoisotopic (exact) mass is 343 g/mol. The van der Waals surface area contributed by atoms with E-state index in [0.717, 1.165) is 4.47 Å². The number of benzene rings is 1. The Balaban J connectivity index is 2.27. The second-order valence-electron chi connectivity index (χ2n) is 3.66. The van der Waals surface area contributed by atoms with E-state index in [1.165, 1.54) is 0 Å². The smallest absolute Gasteiger partial charge is 0.224 e. The molecular weight excluding hydrogens is 334 g/mol. The molecule has 2 rings (SSSR count). The van der Waals surface area contributed by atoms with E-state index in [4.69, 9.17) is 26.8 Å². The minimum Gasteiger partial charge on any atom is -0.438 e. The molecule has 0 aliphatic rings. The number of halogens is 2. The fourth-order valence-corrected chi connectivity index (χ4v) is 2.17. The zero-order chi connectivity index (χ0) is 13.8. The molecule has 0 saturated heterocycles. The van der Waals surface area contributed by atoms with Crippen molar-refractivity contribution in [1.82, 2.24) is 9.97 Å². The number of rotatable bonds is 4. The Bertz CT molecular complexity index is 595. The standard InChI is InChI=1S/C12H11BrClN3O2/c1-18-6-11-16-10(15)5-12(17-11)19-9-3-2-7(14)4-8(9)13/h2-5H,6H2,1H3,(H2,15,16,17). The van der Waals surface area contributed by atoms with Crippen molar-refractivity contribution in [3.63, 3.8) is 0 Å². The highest BCUT2D eigenvalue weighted by molar-refractivity contribution is 9.10. The molecule has 7 heteroatoms. The Labute approximate surface area is 123 Å². The number of hydrogen-bond acceptors (Lipinski definition) is 5. The number of hydrogen-bond donors (Lipinski definition) is 1. The quantitative estimate of drug-likeness (QED) is 0.920. The van der Waals surface area contributed by atoms with Crippen LogP contribution in [-0.2, 0) is 11.3 Å². The van der Waals surface area contributed by atoms with E-state index in [2.05, 4.69) is 25.9 Å². The van der Waals surface area contributed by atoms with Gasteiger partial charge in [0.1, 0.15) is 18.2 Å².